The molecule has 2 rings (SSSR count). The normalized spacial score (nSPS) is 17.9. The van der Waals surface area contributed by atoms with E-state index >= 15 is 0 Å². The first kappa shape index (κ1) is 15.2. The van der Waals surface area contributed by atoms with Crippen molar-refractivity contribution in [2.45, 2.75) is 19.4 Å². The van der Waals surface area contributed by atoms with E-state index in [2.05, 4.69) is 15.6 Å². The predicted octanol–water partition coefficient (Wildman–Crippen LogP) is 0.759. The molecule has 1 fully saturated rings. The van der Waals surface area contributed by atoms with Crippen LogP contribution in [0.15, 0.2) is 18.5 Å². The average Bonchev–Trinajstić information content (AvgIpc) is 2.76. The number of hydrogen-bond acceptors (Lipinski definition) is 4. The number of rotatable bonds is 5. The number of amides is 3. The monoisotopic (exact) mass is 292 g/mol. The van der Waals surface area contributed by atoms with Gasteiger partial charge in [0.05, 0.1) is 24.5 Å². The Morgan fingerprint density at radius 2 is 2.33 bits per heavy atom. The van der Waals surface area contributed by atoms with Gasteiger partial charge in [-0.05, 0) is 18.6 Å². The molecule has 0 spiro atoms. The summed E-state index contributed by atoms with van der Waals surface area (Å²) in [7, 11) is 1.60. The molecule has 1 aromatic rings. The Morgan fingerprint density at radius 1 is 1.52 bits per heavy atom. The second-order valence-electron chi connectivity index (χ2n) is 5.08. The summed E-state index contributed by atoms with van der Waals surface area (Å²) < 4.78 is 4.96. The second-order valence-corrected chi connectivity index (χ2v) is 5.08. The first-order valence-corrected chi connectivity index (χ1v) is 6.84. The highest BCUT2D eigenvalue weighted by atomic mass is 16.5. The van der Waals surface area contributed by atoms with E-state index in [9.17, 15) is 9.59 Å². The van der Waals surface area contributed by atoms with Crippen LogP contribution in [0.2, 0.25) is 0 Å². The summed E-state index contributed by atoms with van der Waals surface area (Å²) in [5.74, 6) is 0.0366. The zero-order valence-electron chi connectivity index (χ0n) is 12.3. The number of methoxy groups -OCH3 is 1. The van der Waals surface area contributed by atoms with Crippen LogP contribution in [-0.4, -0.2) is 54.7 Å². The van der Waals surface area contributed by atoms with Gasteiger partial charge in [0.1, 0.15) is 0 Å². The number of carbonyl (C=O) groups is 2. The minimum Gasteiger partial charge on any atom is -0.383 e. The maximum absolute atomic E-state index is 11.9. The molecule has 0 saturated carbocycles. The molecule has 1 aliphatic rings. The van der Waals surface area contributed by atoms with Gasteiger partial charge in [-0.3, -0.25) is 9.78 Å². The number of anilines is 1. The maximum atomic E-state index is 11.9. The quantitative estimate of drug-likeness (QED) is 0.839. The first-order chi connectivity index (χ1) is 10.1. The summed E-state index contributed by atoms with van der Waals surface area (Å²) in [5.41, 5.74) is 1.60. The fraction of sp³-hybridized carbons (Fsp3) is 0.500. The van der Waals surface area contributed by atoms with Crippen LogP contribution in [0.25, 0.3) is 0 Å². The van der Waals surface area contributed by atoms with Crippen LogP contribution in [-0.2, 0) is 9.53 Å². The molecule has 0 aromatic carbocycles. The number of pyridine rings is 1. The van der Waals surface area contributed by atoms with Gasteiger partial charge in [0, 0.05) is 32.8 Å². The van der Waals surface area contributed by atoms with Crippen molar-refractivity contribution < 1.29 is 14.3 Å². The Hall–Kier alpha value is -2.15. The lowest BCUT2D eigenvalue weighted by atomic mass is 10.2. The van der Waals surface area contributed by atoms with Crippen LogP contribution in [0.5, 0.6) is 0 Å². The number of carbonyl (C=O) groups excluding carboxylic acids is 2. The Bertz CT molecular complexity index is 521. The van der Waals surface area contributed by atoms with Gasteiger partial charge >= 0.3 is 6.03 Å². The zero-order valence-corrected chi connectivity index (χ0v) is 12.3. The van der Waals surface area contributed by atoms with E-state index < -0.39 is 0 Å². The molecule has 0 aliphatic carbocycles. The fourth-order valence-corrected chi connectivity index (χ4v) is 2.26. The predicted molar refractivity (Wildman–Crippen MR) is 78.0 cm³/mol. The zero-order chi connectivity index (χ0) is 15.2. The molecule has 0 unspecified atom stereocenters. The molecule has 1 aliphatic heterocycles. The molecular weight excluding hydrogens is 272 g/mol. The number of aryl methyl sites for hydroxylation is 1. The van der Waals surface area contributed by atoms with Gasteiger partial charge in [-0.1, -0.05) is 0 Å². The third kappa shape index (κ3) is 4.42. The van der Waals surface area contributed by atoms with E-state index in [0.717, 1.165) is 5.56 Å². The summed E-state index contributed by atoms with van der Waals surface area (Å²) in [6, 6.07) is 1.33. The standard InChI is InChI=1S/C14H20N4O3/c1-10-5-11(8-15-7-10)16-14(20)17-12-6-13(19)18(9-12)3-4-21-2/h5,7-8,12H,3-4,6,9H2,1-2H3,(H2,16,17,20)/t12-/m0/s1. The SMILES string of the molecule is COCCN1C[C@@H](NC(=O)Nc2cncc(C)c2)CC1=O. The minimum absolute atomic E-state index is 0.0366. The fourth-order valence-electron chi connectivity index (χ4n) is 2.26. The van der Waals surface area contributed by atoms with E-state index in [1.54, 1.807) is 24.4 Å². The Morgan fingerprint density at radius 3 is 3.05 bits per heavy atom. The topological polar surface area (TPSA) is 83.6 Å². The summed E-state index contributed by atoms with van der Waals surface area (Å²) in [6.45, 7) is 3.47. The van der Waals surface area contributed by atoms with E-state index in [0.29, 0.717) is 31.8 Å². The summed E-state index contributed by atoms with van der Waals surface area (Å²) in [5, 5.41) is 5.52. The van der Waals surface area contributed by atoms with Crippen LogP contribution >= 0.6 is 0 Å². The van der Waals surface area contributed by atoms with E-state index in [-0.39, 0.29) is 18.0 Å². The number of aromatic nitrogens is 1. The molecule has 114 valence electrons. The molecule has 1 atom stereocenters. The molecule has 3 amide bonds. The lowest BCUT2D eigenvalue weighted by molar-refractivity contribution is -0.128. The third-order valence-corrected chi connectivity index (χ3v) is 3.25. The number of ether oxygens (including phenoxy) is 1. The summed E-state index contributed by atoms with van der Waals surface area (Å²) in [4.78, 5) is 29.4. The van der Waals surface area contributed by atoms with Crippen molar-refractivity contribution in [3.63, 3.8) is 0 Å². The summed E-state index contributed by atoms with van der Waals surface area (Å²) in [6.07, 6.45) is 3.62. The highest BCUT2D eigenvalue weighted by molar-refractivity contribution is 5.90. The second kappa shape index (κ2) is 7.03. The molecule has 1 aromatic heterocycles. The van der Waals surface area contributed by atoms with Crippen molar-refractivity contribution in [2.24, 2.45) is 0 Å². The lowest BCUT2D eigenvalue weighted by Gasteiger charge is -2.16. The molecular formula is C14H20N4O3. The van der Waals surface area contributed by atoms with Crippen LogP contribution in [0, 0.1) is 6.92 Å². The third-order valence-electron chi connectivity index (χ3n) is 3.25. The lowest BCUT2D eigenvalue weighted by Crippen LogP contribution is -2.40. The van der Waals surface area contributed by atoms with Gasteiger partial charge in [0.2, 0.25) is 5.91 Å². The Kier molecular flexibility index (Phi) is 5.10. The molecule has 0 radical (unpaired) electrons. The van der Waals surface area contributed by atoms with Crippen molar-refractivity contribution in [1.29, 1.82) is 0 Å². The van der Waals surface area contributed by atoms with E-state index in [4.69, 9.17) is 4.74 Å². The van der Waals surface area contributed by atoms with Gasteiger partial charge in [-0.25, -0.2) is 4.79 Å². The van der Waals surface area contributed by atoms with Crippen molar-refractivity contribution in [1.82, 2.24) is 15.2 Å². The number of hydrogen-bond donors (Lipinski definition) is 2. The first-order valence-electron chi connectivity index (χ1n) is 6.84. The minimum atomic E-state index is -0.325. The van der Waals surface area contributed by atoms with E-state index in [1.807, 2.05) is 13.0 Å². The van der Waals surface area contributed by atoms with Crippen molar-refractivity contribution in [3.05, 3.63) is 24.0 Å². The number of nitrogens with one attached hydrogen (secondary N) is 2. The molecule has 21 heavy (non-hydrogen) atoms. The molecule has 1 saturated heterocycles. The van der Waals surface area contributed by atoms with Crippen LogP contribution in [0.1, 0.15) is 12.0 Å². The van der Waals surface area contributed by atoms with Crippen LogP contribution in [0.3, 0.4) is 0 Å². The number of likely N-dealkylation sites (tertiary alicyclic amines) is 1. The van der Waals surface area contributed by atoms with Crippen LogP contribution < -0.4 is 10.6 Å². The smallest absolute Gasteiger partial charge is 0.319 e. The van der Waals surface area contributed by atoms with Gasteiger partial charge in [0.25, 0.3) is 0 Å². The number of nitrogens with zero attached hydrogens (tertiary/aromatic N) is 2. The van der Waals surface area contributed by atoms with Gasteiger partial charge in [-0.2, -0.15) is 0 Å². The van der Waals surface area contributed by atoms with Gasteiger partial charge in [-0.15, -0.1) is 0 Å². The maximum Gasteiger partial charge on any atom is 0.319 e. The van der Waals surface area contributed by atoms with Crippen molar-refractivity contribution in [3.8, 4) is 0 Å². The van der Waals surface area contributed by atoms with Gasteiger partial charge < -0.3 is 20.3 Å². The average molecular weight is 292 g/mol. The molecule has 2 N–H and O–H groups in total. The molecule has 7 heteroatoms. The molecule has 2 heterocycles. The largest absolute Gasteiger partial charge is 0.383 e. The van der Waals surface area contributed by atoms with Gasteiger partial charge in [0.15, 0.2) is 0 Å². The van der Waals surface area contributed by atoms with Crippen molar-refractivity contribution in [2.75, 3.05) is 32.1 Å². The molecule has 0 bridgehead atoms. The Labute approximate surface area is 123 Å². The summed E-state index contributed by atoms with van der Waals surface area (Å²) >= 11 is 0. The van der Waals surface area contributed by atoms with Crippen LogP contribution in [0.4, 0.5) is 10.5 Å². The molecule has 7 nitrogen and oxygen atoms in total. The number of urea groups is 1. The Balaban J connectivity index is 1.82. The van der Waals surface area contributed by atoms with Crippen molar-refractivity contribution >= 4 is 17.6 Å². The van der Waals surface area contributed by atoms with E-state index in [1.165, 1.54) is 0 Å². The highest BCUT2D eigenvalue weighted by Gasteiger charge is 2.30. The highest BCUT2D eigenvalue weighted by Crippen LogP contribution is 2.11.